The van der Waals surface area contributed by atoms with E-state index in [1.807, 2.05) is 26.0 Å². The number of hydrogen-bond donors (Lipinski definition) is 2. The number of anilines is 2. The smallest absolute Gasteiger partial charge is 0.134 e. The predicted molar refractivity (Wildman–Crippen MR) is 108 cm³/mol. The number of ether oxygens (including phenoxy) is 1. The van der Waals surface area contributed by atoms with Crippen LogP contribution in [-0.4, -0.2) is 46.4 Å². The summed E-state index contributed by atoms with van der Waals surface area (Å²) in [6.45, 7) is 5.54. The average Bonchev–Trinajstić information content (AvgIpc) is 3.16. The predicted octanol–water partition coefficient (Wildman–Crippen LogP) is 2.68. The van der Waals surface area contributed by atoms with Crippen molar-refractivity contribution in [3.8, 4) is 17.0 Å². The van der Waals surface area contributed by atoms with Crippen LogP contribution in [0.1, 0.15) is 11.1 Å². The Balaban J connectivity index is 1.73. The zero-order chi connectivity index (χ0) is 19.6. The monoisotopic (exact) mass is 377 g/mol. The maximum Gasteiger partial charge on any atom is 0.134 e. The van der Waals surface area contributed by atoms with Gasteiger partial charge in [0, 0.05) is 41.4 Å². The van der Waals surface area contributed by atoms with Crippen LogP contribution in [0.3, 0.4) is 0 Å². The number of nitrogens with zero attached hydrogens (tertiary/aromatic N) is 4. The first kappa shape index (κ1) is 17.2. The molecule has 1 aliphatic carbocycles. The lowest BCUT2D eigenvalue weighted by molar-refractivity contribution is 0.160. The lowest BCUT2D eigenvalue weighted by atomic mass is 9.97. The van der Waals surface area contributed by atoms with E-state index in [9.17, 15) is 5.11 Å². The second-order valence-corrected chi connectivity index (χ2v) is 7.85. The second kappa shape index (κ2) is 6.04. The summed E-state index contributed by atoms with van der Waals surface area (Å²) in [7, 11) is 2.07. The van der Waals surface area contributed by atoms with Crippen LogP contribution in [0, 0.1) is 25.7 Å². The molecule has 0 radical (unpaired) electrons. The van der Waals surface area contributed by atoms with Crippen molar-refractivity contribution in [2.75, 3.05) is 30.9 Å². The summed E-state index contributed by atoms with van der Waals surface area (Å²) >= 11 is 0. The first-order chi connectivity index (χ1) is 13.5. The van der Waals surface area contributed by atoms with Gasteiger partial charge in [0.05, 0.1) is 18.9 Å². The summed E-state index contributed by atoms with van der Waals surface area (Å²) in [6, 6.07) is 6.01. The summed E-state index contributed by atoms with van der Waals surface area (Å²) in [4.78, 5) is 15.9. The van der Waals surface area contributed by atoms with E-state index >= 15 is 0 Å². The van der Waals surface area contributed by atoms with Gasteiger partial charge < -0.3 is 20.5 Å². The molecule has 144 valence electrons. The number of fused-ring (bicyclic) bond motifs is 2. The number of rotatable bonds is 3. The average molecular weight is 377 g/mol. The van der Waals surface area contributed by atoms with E-state index in [1.54, 1.807) is 6.07 Å². The minimum Gasteiger partial charge on any atom is -0.508 e. The van der Waals surface area contributed by atoms with Crippen molar-refractivity contribution in [2.24, 2.45) is 11.8 Å². The third-order valence-electron chi connectivity index (χ3n) is 6.24. The van der Waals surface area contributed by atoms with Gasteiger partial charge in [0.25, 0.3) is 0 Å². The first-order valence-corrected chi connectivity index (χ1v) is 9.48. The number of hydrogen-bond acceptors (Lipinski definition) is 7. The number of nitrogens with two attached hydrogens (primary N) is 1. The van der Waals surface area contributed by atoms with Crippen molar-refractivity contribution < 1.29 is 9.84 Å². The zero-order valence-electron chi connectivity index (χ0n) is 16.2. The van der Waals surface area contributed by atoms with E-state index in [1.165, 1.54) is 6.33 Å². The van der Waals surface area contributed by atoms with Crippen molar-refractivity contribution >= 4 is 22.5 Å². The number of aromatic nitrogens is 3. The Labute approximate surface area is 163 Å². The Morgan fingerprint density at radius 3 is 2.68 bits per heavy atom. The van der Waals surface area contributed by atoms with Gasteiger partial charge in [-0.05, 0) is 31.5 Å². The highest BCUT2D eigenvalue weighted by Crippen LogP contribution is 2.49. The van der Waals surface area contributed by atoms with Gasteiger partial charge in [-0.1, -0.05) is 6.07 Å². The second-order valence-electron chi connectivity index (χ2n) is 7.85. The summed E-state index contributed by atoms with van der Waals surface area (Å²) in [5.74, 6) is 2.65. The number of phenolic OH excluding ortho intramolecular Hbond substituents is 1. The molecule has 28 heavy (non-hydrogen) atoms. The molecule has 1 aromatic carbocycles. The van der Waals surface area contributed by atoms with Crippen LogP contribution < -0.4 is 10.6 Å². The fourth-order valence-electron chi connectivity index (χ4n) is 4.56. The molecule has 2 aromatic heterocycles. The van der Waals surface area contributed by atoms with Gasteiger partial charge in [0.15, 0.2) is 0 Å². The normalized spacial score (nSPS) is 23.0. The molecule has 2 unspecified atom stereocenters. The van der Waals surface area contributed by atoms with Gasteiger partial charge in [-0.15, -0.1) is 0 Å². The topological polar surface area (TPSA) is 97.4 Å². The number of pyridine rings is 1. The van der Waals surface area contributed by atoms with Crippen molar-refractivity contribution in [1.29, 1.82) is 0 Å². The van der Waals surface area contributed by atoms with Crippen LogP contribution in [-0.2, 0) is 4.74 Å². The highest BCUT2D eigenvalue weighted by molar-refractivity contribution is 5.99. The quantitative estimate of drug-likeness (QED) is 0.724. The molecule has 0 bridgehead atoms. The molecule has 0 amide bonds. The summed E-state index contributed by atoms with van der Waals surface area (Å²) in [6.07, 6.45) is 1.46. The van der Waals surface area contributed by atoms with Gasteiger partial charge in [-0.25, -0.2) is 15.0 Å². The molecule has 1 aliphatic heterocycles. The van der Waals surface area contributed by atoms with Crippen LogP contribution in [0.2, 0.25) is 0 Å². The molecule has 2 fully saturated rings. The molecular formula is C21H23N5O2. The molecule has 5 rings (SSSR count). The minimum absolute atomic E-state index is 0.241. The van der Waals surface area contributed by atoms with Crippen molar-refractivity contribution in [1.82, 2.24) is 15.0 Å². The maximum atomic E-state index is 10.3. The molecule has 2 atom stereocenters. The van der Waals surface area contributed by atoms with Crippen LogP contribution in [0.25, 0.3) is 22.2 Å². The van der Waals surface area contributed by atoms with Crippen LogP contribution in [0.15, 0.2) is 24.5 Å². The van der Waals surface area contributed by atoms with Crippen LogP contribution in [0.5, 0.6) is 5.75 Å². The highest BCUT2D eigenvalue weighted by atomic mass is 16.5. The van der Waals surface area contributed by atoms with Crippen molar-refractivity contribution in [3.63, 3.8) is 0 Å². The lowest BCUT2D eigenvalue weighted by Crippen LogP contribution is -2.26. The molecule has 2 aliphatic rings. The fourth-order valence-corrected chi connectivity index (χ4v) is 4.56. The standard InChI is InChI=1S/C21H23N5O2/c1-10-4-5-15(27)11(2)17(10)19-18-12(21(22)24-9-23-18)6-16(25-19)26(3)20-13-7-28-8-14(13)20/h4-6,9,13-14,20,27H,7-8H2,1-3H3,(H2,22,23,24). The Morgan fingerprint density at radius 1 is 1.18 bits per heavy atom. The first-order valence-electron chi connectivity index (χ1n) is 9.48. The van der Waals surface area contributed by atoms with Gasteiger partial charge in [-0.2, -0.15) is 0 Å². The van der Waals surface area contributed by atoms with E-state index in [0.29, 0.717) is 29.2 Å². The van der Waals surface area contributed by atoms with Gasteiger partial charge in [0.2, 0.25) is 0 Å². The third kappa shape index (κ3) is 2.43. The molecular weight excluding hydrogens is 354 g/mol. The third-order valence-corrected chi connectivity index (χ3v) is 6.24. The molecule has 7 heteroatoms. The van der Waals surface area contributed by atoms with E-state index in [4.69, 9.17) is 15.5 Å². The van der Waals surface area contributed by atoms with E-state index in [2.05, 4.69) is 21.9 Å². The zero-order valence-corrected chi connectivity index (χ0v) is 16.2. The Bertz CT molecular complexity index is 1090. The number of aromatic hydroxyl groups is 1. The summed E-state index contributed by atoms with van der Waals surface area (Å²) < 4.78 is 5.53. The van der Waals surface area contributed by atoms with Crippen molar-refractivity contribution in [3.05, 3.63) is 35.7 Å². The lowest BCUT2D eigenvalue weighted by Gasteiger charge is -2.23. The fraction of sp³-hybridized carbons (Fsp3) is 0.381. The largest absolute Gasteiger partial charge is 0.508 e. The van der Waals surface area contributed by atoms with E-state index < -0.39 is 0 Å². The SMILES string of the molecule is Cc1ccc(O)c(C)c1-c1nc(N(C)C2C3COCC32)cc2c(N)ncnc12. The van der Waals surface area contributed by atoms with Gasteiger partial charge in [0.1, 0.15) is 29.2 Å². The van der Waals surface area contributed by atoms with Crippen molar-refractivity contribution in [2.45, 2.75) is 19.9 Å². The molecule has 0 spiro atoms. The molecule has 3 heterocycles. The van der Waals surface area contributed by atoms with Crippen LogP contribution >= 0.6 is 0 Å². The summed E-state index contributed by atoms with van der Waals surface area (Å²) in [5, 5.41) is 11.1. The summed E-state index contributed by atoms with van der Waals surface area (Å²) in [5.41, 5.74) is 10.3. The number of aryl methyl sites for hydroxylation is 1. The molecule has 3 N–H and O–H groups in total. The molecule has 1 saturated heterocycles. The molecule has 1 saturated carbocycles. The Morgan fingerprint density at radius 2 is 1.93 bits per heavy atom. The molecule has 7 nitrogen and oxygen atoms in total. The maximum absolute atomic E-state index is 10.3. The van der Waals surface area contributed by atoms with E-state index in [-0.39, 0.29) is 5.75 Å². The molecule has 3 aromatic rings. The van der Waals surface area contributed by atoms with Gasteiger partial charge in [-0.3, -0.25) is 0 Å². The number of nitrogen functional groups attached to an aromatic ring is 1. The highest BCUT2D eigenvalue weighted by Gasteiger charge is 2.56. The van der Waals surface area contributed by atoms with E-state index in [0.717, 1.165) is 46.8 Å². The van der Waals surface area contributed by atoms with Crippen LogP contribution in [0.4, 0.5) is 11.6 Å². The minimum atomic E-state index is 0.241. The van der Waals surface area contributed by atoms with Gasteiger partial charge >= 0.3 is 0 Å². The number of phenols is 1. The number of benzene rings is 1. The Kier molecular flexibility index (Phi) is 3.71. The Hall–Kier alpha value is -2.93.